The molecule has 0 bridgehead atoms. The summed E-state index contributed by atoms with van der Waals surface area (Å²) in [6, 6.07) is 9.24. The number of benzene rings is 1. The van der Waals surface area contributed by atoms with Crippen LogP contribution in [0, 0.1) is 0 Å². The first-order valence-electron chi connectivity index (χ1n) is 7.04. The number of carbonyl (C=O) groups excluding carboxylic acids is 1. The third-order valence-electron chi connectivity index (χ3n) is 3.07. The van der Waals surface area contributed by atoms with Gasteiger partial charge in [0.15, 0.2) is 5.78 Å². The topological polar surface area (TPSA) is 39.2 Å². The first-order valence-corrected chi connectivity index (χ1v) is 7.84. The molecule has 110 valence electrons. The van der Waals surface area contributed by atoms with Gasteiger partial charge in [0.2, 0.25) is 0 Å². The van der Waals surface area contributed by atoms with Crippen LogP contribution in [-0.2, 0) is 6.42 Å². The second-order valence-corrected chi connectivity index (χ2v) is 5.75. The van der Waals surface area contributed by atoms with Crippen LogP contribution in [0.2, 0.25) is 0 Å². The second-order valence-electron chi connectivity index (χ2n) is 4.84. The zero-order valence-corrected chi connectivity index (χ0v) is 13.6. The van der Waals surface area contributed by atoms with Crippen molar-refractivity contribution < 1.29 is 9.53 Å². The molecule has 1 aromatic heterocycles. The zero-order chi connectivity index (χ0) is 15.1. The third kappa shape index (κ3) is 4.97. The van der Waals surface area contributed by atoms with E-state index in [0.29, 0.717) is 18.6 Å². The molecule has 0 unspecified atom stereocenters. The Hall–Kier alpha value is -1.68. The number of hydrogen-bond acceptors (Lipinski definition) is 3. The Labute approximate surface area is 133 Å². The summed E-state index contributed by atoms with van der Waals surface area (Å²) >= 11 is 3.36. The molecule has 3 nitrogen and oxygen atoms in total. The van der Waals surface area contributed by atoms with Crippen LogP contribution in [0.5, 0.6) is 5.75 Å². The fraction of sp³-hybridized carbons (Fsp3) is 0.294. The SMILES string of the molecule is CCCCOc1ccc(C(=O)Cc2cncc(Br)c2)cc1. The number of Topliss-reactive ketones (excluding diaryl/α,β-unsaturated/α-hetero) is 1. The molecule has 0 fully saturated rings. The number of ether oxygens (including phenoxy) is 1. The van der Waals surface area contributed by atoms with Gasteiger partial charge in [0.25, 0.3) is 0 Å². The van der Waals surface area contributed by atoms with Crippen LogP contribution >= 0.6 is 15.9 Å². The molecule has 0 aliphatic rings. The molecule has 2 aromatic rings. The van der Waals surface area contributed by atoms with E-state index < -0.39 is 0 Å². The molecule has 0 saturated carbocycles. The van der Waals surface area contributed by atoms with Gasteiger partial charge < -0.3 is 4.74 Å². The van der Waals surface area contributed by atoms with Crippen LogP contribution in [0.3, 0.4) is 0 Å². The van der Waals surface area contributed by atoms with E-state index in [-0.39, 0.29) is 5.78 Å². The van der Waals surface area contributed by atoms with Crippen molar-refractivity contribution in [3.05, 3.63) is 58.3 Å². The van der Waals surface area contributed by atoms with Crippen LogP contribution in [-0.4, -0.2) is 17.4 Å². The predicted molar refractivity (Wildman–Crippen MR) is 86.8 cm³/mol. The van der Waals surface area contributed by atoms with Gasteiger partial charge in [-0.2, -0.15) is 0 Å². The summed E-state index contributed by atoms with van der Waals surface area (Å²) in [6.45, 7) is 2.84. The number of hydrogen-bond donors (Lipinski definition) is 0. The summed E-state index contributed by atoms with van der Waals surface area (Å²) in [5.74, 6) is 0.888. The first kappa shape index (κ1) is 15.7. The van der Waals surface area contributed by atoms with Crippen molar-refractivity contribution in [3.8, 4) is 5.75 Å². The van der Waals surface area contributed by atoms with Gasteiger partial charge in [0, 0.05) is 28.9 Å². The number of pyridine rings is 1. The van der Waals surface area contributed by atoms with E-state index in [4.69, 9.17) is 4.74 Å². The monoisotopic (exact) mass is 347 g/mol. The Morgan fingerprint density at radius 2 is 2.00 bits per heavy atom. The fourth-order valence-corrected chi connectivity index (χ4v) is 2.32. The molecule has 0 atom stereocenters. The summed E-state index contributed by atoms with van der Waals surface area (Å²) in [7, 11) is 0. The maximum atomic E-state index is 12.2. The number of rotatable bonds is 7. The molecule has 0 saturated heterocycles. The van der Waals surface area contributed by atoms with Crippen LogP contribution < -0.4 is 4.74 Å². The van der Waals surface area contributed by atoms with E-state index in [2.05, 4.69) is 27.8 Å². The van der Waals surface area contributed by atoms with Crippen molar-refractivity contribution in [1.29, 1.82) is 0 Å². The van der Waals surface area contributed by atoms with Gasteiger partial charge in [-0.05, 0) is 58.2 Å². The highest BCUT2D eigenvalue weighted by Gasteiger charge is 2.08. The molecule has 0 amide bonds. The van der Waals surface area contributed by atoms with Gasteiger partial charge in [0.1, 0.15) is 5.75 Å². The molecule has 0 radical (unpaired) electrons. The van der Waals surface area contributed by atoms with E-state index in [1.807, 2.05) is 30.3 Å². The van der Waals surface area contributed by atoms with Crippen molar-refractivity contribution in [1.82, 2.24) is 4.98 Å². The maximum absolute atomic E-state index is 12.2. The van der Waals surface area contributed by atoms with E-state index >= 15 is 0 Å². The van der Waals surface area contributed by atoms with Crippen LogP contribution in [0.15, 0.2) is 47.2 Å². The lowest BCUT2D eigenvalue weighted by molar-refractivity contribution is 0.0993. The number of unbranched alkanes of at least 4 members (excludes halogenated alkanes) is 1. The van der Waals surface area contributed by atoms with Gasteiger partial charge in [-0.15, -0.1) is 0 Å². The maximum Gasteiger partial charge on any atom is 0.167 e. The zero-order valence-electron chi connectivity index (χ0n) is 12.0. The van der Waals surface area contributed by atoms with Crippen LogP contribution in [0.4, 0.5) is 0 Å². The van der Waals surface area contributed by atoms with Crippen molar-refractivity contribution in [3.63, 3.8) is 0 Å². The number of nitrogens with zero attached hydrogens (tertiary/aromatic N) is 1. The molecule has 1 aromatic carbocycles. The Balaban J connectivity index is 1.96. The Morgan fingerprint density at radius 3 is 2.67 bits per heavy atom. The minimum atomic E-state index is 0.0787. The average molecular weight is 348 g/mol. The van der Waals surface area contributed by atoms with Crippen LogP contribution in [0.1, 0.15) is 35.7 Å². The number of halogens is 1. The molecule has 21 heavy (non-hydrogen) atoms. The van der Waals surface area contributed by atoms with Gasteiger partial charge in [-0.25, -0.2) is 0 Å². The lowest BCUT2D eigenvalue weighted by Gasteiger charge is -2.06. The number of ketones is 1. The summed E-state index contributed by atoms with van der Waals surface area (Å²) in [6.07, 6.45) is 5.91. The number of aromatic nitrogens is 1. The summed E-state index contributed by atoms with van der Waals surface area (Å²) < 4.78 is 6.47. The Morgan fingerprint density at radius 1 is 1.24 bits per heavy atom. The summed E-state index contributed by atoms with van der Waals surface area (Å²) in [5.41, 5.74) is 1.59. The molecule has 1 heterocycles. The quantitative estimate of drug-likeness (QED) is 0.548. The first-order chi connectivity index (χ1) is 10.2. The number of carbonyl (C=O) groups is 1. The smallest absolute Gasteiger partial charge is 0.167 e. The Bertz CT molecular complexity index is 596. The Kier molecular flexibility index (Phi) is 5.93. The predicted octanol–water partition coefficient (Wildman–Crippen LogP) is 4.45. The van der Waals surface area contributed by atoms with Crippen molar-refractivity contribution >= 4 is 21.7 Å². The fourth-order valence-electron chi connectivity index (χ4n) is 1.91. The normalized spacial score (nSPS) is 10.4. The third-order valence-corrected chi connectivity index (χ3v) is 3.50. The highest BCUT2D eigenvalue weighted by atomic mass is 79.9. The second kappa shape index (κ2) is 7.93. The molecule has 0 N–H and O–H groups in total. The van der Waals surface area contributed by atoms with Gasteiger partial charge in [0.05, 0.1) is 6.61 Å². The van der Waals surface area contributed by atoms with Crippen molar-refractivity contribution in [2.45, 2.75) is 26.2 Å². The molecule has 2 rings (SSSR count). The van der Waals surface area contributed by atoms with Gasteiger partial charge in [-0.1, -0.05) is 13.3 Å². The summed E-state index contributed by atoms with van der Waals surface area (Å²) in [5, 5.41) is 0. The average Bonchev–Trinajstić information content (AvgIpc) is 2.48. The minimum Gasteiger partial charge on any atom is -0.494 e. The molecular formula is C17H18BrNO2. The van der Waals surface area contributed by atoms with Gasteiger partial charge >= 0.3 is 0 Å². The highest BCUT2D eigenvalue weighted by molar-refractivity contribution is 9.10. The summed E-state index contributed by atoms with van der Waals surface area (Å²) in [4.78, 5) is 16.3. The minimum absolute atomic E-state index is 0.0787. The van der Waals surface area contributed by atoms with E-state index in [0.717, 1.165) is 28.6 Å². The van der Waals surface area contributed by atoms with Crippen molar-refractivity contribution in [2.75, 3.05) is 6.61 Å². The lowest BCUT2D eigenvalue weighted by atomic mass is 10.0. The van der Waals surface area contributed by atoms with E-state index in [9.17, 15) is 4.79 Å². The molecule has 0 aliphatic heterocycles. The standard InChI is InChI=1S/C17H18BrNO2/c1-2-3-8-21-16-6-4-14(5-7-16)17(20)10-13-9-15(18)12-19-11-13/h4-7,9,11-12H,2-3,8,10H2,1H3. The lowest BCUT2D eigenvalue weighted by Crippen LogP contribution is -2.04. The molecule has 4 heteroatoms. The molecular weight excluding hydrogens is 330 g/mol. The van der Waals surface area contributed by atoms with E-state index in [1.54, 1.807) is 12.4 Å². The van der Waals surface area contributed by atoms with Crippen molar-refractivity contribution in [2.24, 2.45) is 0 Å². The van der Waals surface area contributed by atoms with Gasteiger partial charge in [-0.3, -0.25) is 9.78 Å². The van der Waals surface area contributed by atoms with Crippen LogP contribution in [0.25, 0.3) is 0 Å². The molecule has 0 aliphatic carbocycles. The highest BCUT2D eigenvalue weighted by Crippen LogP contribution is 2.16. The van der Waals surface area contributed by atoms with E-state index in [1.165, 1.54) is 0 Å². The molecule has 0 spiro atoms. The largest absolute Gasteiger partial charge is 0.494 e.